The minimum absolute atomic E-state index is 0.109. The van der Waals surface area contributed by atoms with Crippen molar-refractivity contribution in [3.05, 3.63) is 56.1 Å². The number of hydrogen-bond donors (Lipinski definition) is 2. The average Bonchev–Trinajstić information content (AvgIpc) is 2.41. The van der Waals surface area contributed by atoms with Crippen LogP contribution in [0.15, 0.2) is 51.8 Å². The summed E-state index contributed by atoms with van der Waals surface area (Å²) in [6.45, 7) is 0. The van der Waals surface area contributed by atoms with Crippen molar-refractivity contribution >= 4 is 60.2 Å². The Hall–Kier alpha value is -1.13. The van der Waals surface area contributed by atoms with Gasteiger partial charge in [0.1, 0.15) is 0 Å². The molecule has 0 saturated carbocycles. The number of carboxylic acids is 1. The van der Waals surface area contributed by atoms with Gasteiger partial charge in [-0.15, -0.1) is 0 Å². The third kappa shape index (κ3) is 3.74. The van der Waals surface area contributed by atoms with Crippen LogP contribution in [0.2, 0.25) is 0 Å². The molecule has 0 aliphatic carbocycles. The first kappa shape index (κ1) is 16.2. The monoisotopic (exact) mass is 481 g/mol. The Balaban J connectivity index is 2.43. The Bertz CT molecular complexity index is 808. The van der Waals surface area contributed by atoms with Crippen molar-refractivity contribution in [3.63, 3.8) is 0 Å². The van der Waals surface area contributed by atoms with Gasteiger partial charge in [-0.1, -0.05) is 12.1 Å². The van der Waals surface area contributed by atoms with E-state index in [1.807, 2.05) is 22.6 Å². The van der Waals surface area contributed by atoms with Gasteiger partial charge >= 0.3 is 5.97 Å². The first-order valence-corrected chi connectivity index (χ1v) is 8.97. The maximum Gasteiger partial charge on any atom is 0.336 e. The number of sulfonamides is 1. The fourth-order valence-electron chi connectivity index (χ4n) is 1.58. The van der Waals surface area contributed by atoms with Crippen LogP contribution in [-0.4, -0.2) is 19.5 Å². The SMILES string of the molecule is O=C(O)c1cc(S(=O)(=O)Nc2ccccc2I)ccc1Br. The van der Waals surface area contributed by atoms with E-state index in [-0.39, 0.29) is 10.5 Å². The largest absolute Gasteiger partial charge is 0.478 e. The maximum atomic E-state index is 12.3. The summed E-state index contributed by atoms with van der Waals surface area (Å²) >= 11 is 5.09. The lowest BCUT2D eigenvalue weighted by Gasteiger charge is -2.10. The van der Waals surface area contributed by atoms with Gasteiger partial charge in [0, 0.05) is 8.04 Å². The predicted octanol–water partition coefficient (Wildman–Crippen LogP) is 3.55. The molecular formula is C13H9BrINO4S. The van der Waals surface area contributed by atoms with Gasteiger partial charge in [-0.05, 0) is 68.9 Å². The molecule has 0 bridgehead atoms. The van der Waals surface area contributed by atoms with Gasteiger partial charge in [0.05, 0.1) is 16.1 Å². The van der Waals surface area contributed by atoms with E-state index in [1.165, 1.54) is 12.1 Å². The maximum absolute atomic E-state index is 12.3. The summed E-state index contributed by atoms with van der Waals surface area (Å²) in [4.78, 5) is 11.0. The van der Waals surface area contributed by atoms with Crippen molar-refractivity contribution in [3.8, 4) is 0 Å². The molecule has 0 heterocycles. The Morgan fingerprint density at radius 2 is 1.86 bits per heavy atom. The van der Waals surface area contributed by atoms with Crippen LogP contribution < -0.4 is 4.72 Å². The highest BCUT2D eigenvalue weighted by Gasteiger charge is 2.19. The summed E-state index contributed by atoms with van der Waals surface area (Å²) in [6.07, 6.45) is 0. The van der Waals surface area contributed by atoms with Gasteiger partial charge in [-0.25, -0.2) is 13.2 Å². The van der Waals surface area contributed by atoms with Gasteiger partial charge in [0.2, 0.25) is 0 Å². The number of carbonyl (C=O) groups is 1. The van der Waals surface area contributed by atoms with Gasteiger partial charge in [0.25, 0.3) is 10.0 Å². The Labute approximate surface area is 143 Å². The molecule has 0 saturated heterocycles. The fraction of sp³-hybridized carbons (Fsp3) is 0. The molecule has 0 aliphatic rings. The molecule has 0 unspecified atom stereocenters. The van der Waals surface area contributed by atoms with E-state index >= 15 is 0 Å². The highest BCUT2D eigenvalue weighted by molar-refractivity contribution is 14.1. The molecule has 2 rings (SSSR count). The molecular weight excluding hydrogens is 473 g/mol. The van der Waals surface area contributed by atoms with Crippen molar-refractivity contribution < 1.29 is 18.3 Å². The summed E-state index contributed by atoms with van der Waals surface area (Å²) in [7, 11) is -3.85. The van der Waals surface area contributed by atoms with Crippen LogP contribution in [0.4, 0.5) is 5.69 Å². The number of benzene rings is 2. The second-order valence-electron chi connectivity index (χ2n) is 4.03. The number of anilines is 1. The van der Waals surface area contributed by atoms with Gasteiger partial charge in [0.15, 0.2) is 0 Å². The summed E-state index contributed by atoms with van der Waals surface area (Å²) in [5, 5.41) is 9.04. The topological polar surface area (TPSA) is 83.5 Å². The van der Waals surface area contributed by atoms with Gasteiger partial charge in [-0.3, -0.25) is 4.72 Å². The predicted molar refractivity (Wildman–Crippen MR) is 91.1 cm³/mol. The Morgan fingerprint density at radius 1 is 1.19 bits per heavy atom. The van der Waals surface area contributed by atoms with E-state index in [0.29, 0.717) is 10.2 Å². The molecule has 8 heteroatoms. The number of hydrogen-bond acceptors (Lipinski definition) is 3. The van der Waals surface area contributed by atoms with Crippen LogP contribution >= 0.6 is 38.5 Å². The van der Waals surface area contributed by atoms with Crippen LogP contribution in [0.25, 0.3) is 0 Å². The molecule has 110 valence electrons. The standard InChI is InChI=1S/C13H9BrINO4S/c14-10-6-5-8(7-9(10)13(17)18)21(19,20)16-12-4-2-1-3-11(12)15/h1-7,16H,(H,17,18). The molecule has 0 aliphatic heterocycles. The zero-order chi connectivity index (χ0) is 15.6. The van der Waals surface area contributed by atoms with Gasteiger partial charge < -0.3 is 5.11 Å². The first-order valence-electron chi connectivity index (χ1n) is 5.61. The molecule has 2 aromatic rings. The smallest absolute Gasteiger partial charge is 0.336 e. The van der Waals surface area contributed by atoms with E-state index in [9.17, 15) is 13.2 Å². The second-order valence-corrected chi connectivity index (χ2v) is 7.73. The molecule has 2 aromatic carbocycles. The van der Waals surface area contributed by atoms with Crippen molar-refractivity contribution in [1.82, 2.24) is 0 Å². The first-order chi connectivity index (χ1) is 9.81. The molecule has 21 heavy (non-hydrogen) atoms. The quantitative estimate of drug-likeness (QED) is 0.654. The molecule has 0 radical (unpaired) electrons. The number of para-hydroxylation sites is 1. The molecule has 0 aromatic heterocycles. The normalized spacial score (nSPS) is 11.1. The summed E-state index contributed by atoms with van der Waals surface area (Å²) in [5.41, 5.74) is 0.332. The summed E-state index contributed by atoms with van der Waals surface area (Å²) in [5.74, 6) is -1.20. The highest BCUT2D eigenvalue weighted by atomic mass is 127. The molecule has 0 spiro atoms. The lowest BCUT2D eigenvalue weighted by molar-refractivity contribution is 0.0695. The van der Waals surface area contributed by atoms with Crippen molar-refractivity contribution in [2.75, 3.05) is 4.72 Å². The van der Waals surface area contributed by atoms with Crippen molar-refractivity contribution in [2.45, 2.75) is 4.90 Å². The third-order valence-corrected chi connectivity index (χ3v) is 5.59. The van der Waals surface area contributed by atoms with E-state index in [1.54, 1.807) is 24.3 Å². The molecule has 0 amide bonds. The number of carboxylic acid groups (broad SMARTS) is 1. The highest BCUT2D eigenvalue weighted by Crippen LogP contribution is 2.24. The summed E-state index contributed by atoms with van der Waals surface area (Å²) in [6, 6.07) is 10.8. The number of rotatable bonds is 4. The van der Waals surface area contributed by atoms with Crippen LogP contribution in [0, 0.1) is 3.57 Å². The minimum Gasteiger partial charge on any atom is -0.478 e. The molecule has 0 fully saturated rings. The van der Waals surface area contributed by atoms with E-state index in [2.05, 4.69) is 20.7 Å². The third-order valence-electron chi connectivity index (χ3n) is 2.60. The van der Waals surface area contributed by atoms with Gasteiger partial charge in [-0.2, -0.15) is 0 Å². The van der Waals surface area contributed by atoms with Crippen LogP contribution in [0.5, 0.6) is 0 Å². The van der Waals surface area contributed by atoms with Crippen LogP contribution in [0.3, 0.4) is 0 Å². The van der Waals surface area contributed by atoms with Crippen molar-refractivity contribution in [1.29, 1.82) is 0 Å². The van der Waals surface area contributed by atoms with E-state index < -0.39 is 16.0 Å². The summed E-state index contributed by atoms with van der Waals surface area (Å²) < 4.78 is 28.1. The zero-order valence-electron chi connectivity index (χ0n) is 10.4. The molecule has 2 N–H and O–H groups in total. The fourth-order valence-corrected chi connectivity index (χ4v) is 3.81. The number of nitrogens with one attached hydrogen (secondary N) is 1. The van der Waals surface area contributed by atoms with E-state index in [4.69, 9.17) is 5.11 Å². The average molecular weight is 482 g/mol. The zero-order valence-corrected chi connectivity index (χ0v) is 14.9. The number of aromatic carboxylic acids is 1. The Kier molecular flexibility index (Phi) is 4.89. The van der Waals surface area contributed by atoms with Crippen LogP contribution in [-0.2, 0) is 10.0 Å². The molecule has 0 atom stereocenters. The number of halogens is 2. The second kappa shape index (κ2) is 6.32. The Morgan fingerprint density at radius 3 is 2.48 bits per heavy atom. The lowest BCUT2D eigenvalue weighted by Crippen LogP contribution is -2.14. The van der Waals surface area contributed by atoms with Crippen molar-refractivity contribution in [2.24, 2.45) is 0 Å². The van der Waals surface area contributed by atoms with E-state index in [0.717, 1.165) is 9.64 Å². The lowest BCUT2D eigenvalue weighted by atomic mass is 10.2. The molecule has 5 nitrogen and oxygen atoms in total. The minimum atomic E-state index is -3.85. The van der Waals surface area contributed by atoms with Crippen LogP contribution in [0.1, 0.15) is 10.4 Å².